The Morgan fingerprint density at radius 2 is 1.94 bits per heavy atom. The molecule has 1 unspecified atom stereocenters. The predicted molar refractivity (Wildman–Crippen MR) is 119 cm³/mol. The van der Waals surface area contributed by atoms with Crippen molar-refractivity contribution < 1.29 is 19.0 Å². The number of rotatable bonds is 5. The van der Waals surface area contributed by atoms with Gasteiger partial charge in [0.1, 0.15) is 5.75 Å². The molecule has 10 nitrogen and oxygen atoms in total. The third-order valence-corrected chi connectivity index (χ3v) is 5.91. The van der Waals surface area contributed by atoms with E-state index in [1.807, 2.05) is 34.1 Å². The lowest BCUT2D eigenvalue weighted by Gasteiger charge is -2.37. The molecule has 170 valence electrons. The van der Waals surface area contributed by atoms with Crippen molar-refractivity contribution >= 4 is 17.3 Å². The fraction of sp³-hybridized carbons (Fsp3) is 0.348. The molecule has 1 amide bonds. The number of piperidine rings is 1. The number of nitro groups is 1. The number of nitro benzene ring substituents is 1. The summed E-state index contributed by atoms with van der Waals surface area (Å²) in [5, 5.41) is 15.1. The van der Waals surface area contributed by atoms with Crippen molar-refractivity contribution in [2.75, 3.05) is 24.5 Å². The van der Waals surface area contributed by atoms with E-state index in [-0.39, 0.29) is 24.0 Å². The molecule has 3 aromatic rings. The second-order valence-electron chi connectivity index (χ2n) is 8.16. The van der Waals surface area contributed by atoms with Crippen LogP contribution in [0.5, 0.6) is 5.75 Å². The first kappa shape index (κ1) is 20.9. The predicted octanol–water partition coefficient (Wildman–Crippen LogP) is 3.42. The first-order valence-electron chi connectivity index (χ1n) is 11.0. The minimum Gasteiger partial charge on any atom is -0.477 e. The number of para-hydroxylation sites is 2. The van der Waals surface area contributed by atoms with Crippen LogP contribution in [-0.4, -0.2) is 51.6 Å². The van der Waals surface area contributed by atoms with Gasteiger partial charge in [-0.05, 0) is 31.4 Å². The van der Waals surface area contributed by atoms with Gasteiger partial charge in [0.15, 0.2) is 6.10 Å². The van der Waals surface area contributed by atoms with Crippen molar-refractivity contribution in [3.05, 3.63) is 64.5 Å². The Balaban J connectivity index is 1.37. The van der Waals surface area contributed by atoms with Gasteiger partial charge in [-0.25, -0.2) is 0 Å². The highest BCUT2D eigenvalue weighted by Crippen LogP contribution is 2.35. The average molecular weight is 449 g/mol. The number of likely N-dealkylation sites (tertiary alicyclic amines) is 1. The van der Waals surface area contributed by atoms with Crippen LogP contribution in [-0.2, 0) is 11.3 Å². The first-order valence-corrected chi connectivity index (χ1v) is 11.0. The number of hydrogen-bond acceptors (Lipinski definition) is 8. The number of nitrogens with zero attached hydrogens (tertiary/aromatic N) is 5. The highest BCUT2D eigenvalue weighted by molar-refractivity contribution is 5.83. The second-order valence-corrected chi connectivity index (χ2v) is 8.16. The molecule has 0 radical (unpaired) electrons. The van der Waals surface area contributed by atoms with E-state index >= 15 is 0 Å². The summed E-state index contributed by atoms with van der Waals surface area (Å²) in [6.07, 6.45) is 2.56. The molecule has 2 aliphatic rings. The number of fused-ring (bicyclic) bond motifs is 1. The van der Waals surface area contributed by atoms with Crippen LogP contribution in [0.2, 0.25) is 0 Å². The number of amides is 1. The van der Waals surface area contributed by atoms with Crippen molar-refractivity contribution in [2.24, 2.45) is 0 Å². The summed E-state index contributed by atoms with van der Waals surface area (Å²) in [6.45, 7) is 2.17. The van der Waals surface area contributed by atoms with Crippen molar-refractivity contribution in [2.45, 2.75) is 31.9 Å². The molecule has 0 N–H and O–H groups in total. The van der Waals surface area contributed by atoms with Crippen LogP contribution in [0.15, 0.2) is 53.1 Å². The van der Waals surface area contributed by atoms with Gasteiger partial charge in [0.2, 0.25) is 11.7 Å². The van der Waals surface area contributed by atoms with E-state index in [9.17, 15) is 14.9 Å². The number of anilines is 1. The van der Waals surface area contributed by atoms with E-state index in [1.165, 1.54) is 12.1 Å². The molecule has 0 aliphatic carbocycles. The van der Waals surface area contributed by atoms with Crippen LogP contribution >= 0.6 is 0 Å². The fourth-order valence-corrected chi connectivity index (χ4v) is 4.26. The maximum atomic E-state index is 13.1. The second kappa shape index (κ2) is 8.89. The van der Waals surface area contributed by atoms with Crippen LogP contribution in [0.3, 0.4) is 0 Å². The van der Waals surface area contributed by atoms with Gasteiger partial charge in [0.05, 0.1) is 23.7 Å². The van der Waals surface area contributed by atoms with Crippen molar-refractivity contribution in [1.82, 2.24) is 15.0 Å². The summed E-state index contributed by atoms with van der Waals surface area (Å²) in [5.74, 6) is 1.25. The molecule has 1 atom stereocenters. The topological polar surface area (TPSA) is 115 Å². The van der Waals surface area contributed by atoms with Gasteiger partial charge in [-0.1, -0.05) is 29.4 Å². The number of ether oxygens (including phenoxy) is 1. The number of carbonyl (C=O) groups excluding carboxylic acids is 1. The van der Waals surface area contributed by atoms with Crippen LogP contribution in [0.4, 0.5) is 11.4 Å². The van der Waals surface area contributed by atoms with Crippen molar-refractivity contribution in [1.29, 1.82) is 0 Å². The Kier molecular flexibility index (Phi) is 5.64. The van der Waals surface area contributed by atoms with Gasteiger partial charge in [-0.2, -0.15) is 4.98 Å². The molecule has 33 heavy (non-hydrogen) atoms. The van der Waals surface area contributed by atoms with Gasteiger partial charge < -0.3 is 19.1 Å². The molecule has 1 fully saturated rings. The summed E-state index contributed by atoms with van der Waals surface area (Å²) < 4.78 is 11.5. The van der Waals surface area contributed by atoms with Gasteiger partial charge in [-0.15, -0.1) is 0 Å². The molecule has 2 aromatic carbocycles. The van der Waals surface area contributed by atoms with Gasteiger partial charge >= 0.3 is 0 Å². The summed E-state index contributed by atoms with van der Waals surface area (Å²) in [7, 11) is 0. The lowest BCUT2D eigenvalue weighted by atomic mass is 10.1. The highest BCUT2D eigenvalue weighted by atomic mass is 16.6. The Bertz CT molecular complexity index is 1170. The maximum Gasteiger partial charge on any atom is 0.270 e. The lowest BCUT2D eigenvalue weighted by molar-refractivity contribution is -0.384. The molecule has 1 aromatic heterocycles. The molecule has 2 aliphatic heterocycles. The lowest BCUT2D eigenvalue weighted by Crippen LogP contribution is -2.51. The van der Waals surface area contributed by atoms with E-state index < -0.39 is 11.0 Å². The zero-order valence-corrected chi connectivity index (χ0v) is 17.9. The molecular weight excluding hydrogens is 426 g/mol. The summed E-state index contributed by atoms with van der Waals surface area (Å²) in [4.78, 5) is 32.0. The third-order valence-electron chi connectivity index (χ3n) is 5.91. The number of non-ortho nitro benzene ring substituents is 1. The zero-order valence-electron chi connectivity index (χ0n) is 17.9. The smallest absolute Gasteiger partial charge is 0.270 e. The quantitative estimate of drug-likeness (QED) is 0.430. The Hall–Kier alpha value is -3.95. The average Bonchev–Trinajstić information content (AvgIpc) is 3.32. The number of aromatic nitrogens is 2. The molecule has 1 saturated heterocycles. The van der Waals surface area contributed by atoms with Crippen LogP contribution in [0.1, 0.15) is 25.2 Å². The molecule has 5 rings (SSSR count). The highest BCUT2D eigenvalue weighted by Gasteiger charge is 2.34. The first-order chi connectivity index (χ1) is 16.1. The van der Waals surface area contributed by atoms with E-state index in [0.29, 0.717) is 23.7 Å². The SMILES string of the molecule is O=C(C1CN(Cc2nc(-c3cccc([N+](=O)[O-])c3)no2)c2ccccc2O1)N1CCCCC1. The van der Waals surface area contributed by atoms with E-state index in [0.717, 1.165) is 38.0 Å². The van der Waals surface area contributed by atoms with E-state index in [4.69, 9.17) is 9.26 Å². The van der Waals surface area contributed by atoms with E-state index in [2.05, 4.69) is 10.1 Å². The molecular formula is C23H23N5O5. The van der Waals surface area contributed by atoms with Crippen LogP contribution in [0, 0.1) is 10.1 Å². The normalized spacial score (nSPS) is 17.9. The number of benzene rings is 2. The Morgan fingerprint density at radius 1 is 1.12 bits per heavy atom. The number of hydrogen-bond donors (Lipinski definition) is 0. The summed E-state index contributed by atoms with van der Waals surface area (Å²) >= 11 is 0. The summed E-state index contributed by atoms with van der Waals surface area (Å²) in [6, 6.07) is 13.6. The zero-order chi connectivity index (χ0) is 22.8. The molecule has 0 saturated carbocycles. The Labute approximate surface area is 189 Å². The third kappa shape index (κ3) is 4.36. The molecule has 0 spiro atoms. The van der Waals surface area contributed by atoms with E-state index in [1.54, 1.807) is 12.1 Å². The van der Waals surface area contributed by atoms with Gasteiger partial charge in [0.25, 0.3) is 11.6 Å². The summed E-state index contributed by atoms with van der Waals surface area (Å²) in [5.41, 5.74) is 1.30. The molecule has 3 heterocycles. The van der Waals surface area contributed by atoms with Crippen molar-refractivity contribution in [3.8, 4) is 17.1 Å². The van der Waals surface area contributed by atoms with Crippen LogP contribution in [0.25, 0.3) is 11.4 Å². The monoisotopic (exact) mass is 449 g/mol. The number of carbonyl (C=O) groups is 1. The molecule has 0 bridgehead atoms. The minimum atomic E-state index is -0.614. The standard InChI is InChI=1S/C23H23N5O5/c29-23(26-11-4-1-5-12-26)20-14-27(18-9-2-3-10-19(18)32-20)15-21-24-22(25-33-21)16-7-6-8-17(13-16)28(30)31/h2-3,6-10,13,20H,1,4-5,11-12,14-15H2. The van der Waals surface area contributed by atoms with Crippen molar-refractivity contribution in [3.63, 3.8) is 0 Å². The van der Waals surface area contributed by atoms with Gasteiger partial charge in [0, 0.05) is 30.8 Å². The molecule has 10 heteroatoms. The maximum absolute atomic E-state index is 13.1. The Morgan fingerprint density at radius 3 is 2.76 bits per heavy atom. The van der Waals surface area contributed by atoms with Gasteiger partial charge in [-0.3, -0.25) is 14.9 Å². The van der Waals surface area contributed by atoms with Crippen LogP contribution < -0.4 is 9.64 Å². The minimum absolute atomic E-state index is 0.00276. The fourth-order valence-electron chi connectivity index (χ4n) is 4.26. The largest absolute Gasteiger partial charge is 0.477 e.